The molecule has 1 atom stereocenters. The van der Waals surface area contributed by atoms with Gasteiger partial charge >= 0.3 is 5.97 Å². The SMILES string of the molecule is C=CC(=O)OCC(C)N1CCCC1=O. The van der Waals surface area contributed by atoms with Gasteiger partial charge in [-0.2, -0.15) is 0 Å². The zero-order chi connectivity index (χ0) is 10.6. The quantitative estimate of drug-likeness (QED) is 0.493. The van der Waals surface area contributed by atoms with Crippen molar-refractivity contribution < 1.29 is 14.3 Å². The van der Waals surface area contributed by atoms with Gasteiger partial charge in [-0.1, -0.05) is 6.58 Å². The van der Waals surface area contributed by atoms with E-state index in [1.165, 1.54) is 0 Å². The molecule has 0 saturated carbocycles. The number of nitrogens with zero attached hydrogens (tertiary/aromatic N) is 1. The summed E-state index contributed by atoms with van der Waals surface area (Å²) in [6, 6.07) is -0.0334. The van der Waals surface area contributed by atoms with Gasteiger partial charge in [0.1, 0.15) is 6.61 Å². The van der Waals surface area contributed by atoms with E-state index in [1.807, 2.05) is 6.92 Å². The molecule has 0 spiro atoms. The minimum absolute atomic E-state index is 0.0334. The molecule has 1 aliphatic heterocycles. The van der Waals surface area contributed by atoms with E-state index in [-0.39, 0.29) is 18.6 Å². The summed E-state index contributed by atoms with van der Waals surface area (Å²) in [6.45, 7) is 6.19. The summed E-state index contributed by atoms with van der Waals surface area (Å²) < 4.78 is 4.86. The smallest absolute Gasteiger partial charge is 0.330 e. The highest BCUT2D eigenvalue weighted by molar-refractivity contribution is 5.81. The van der Waals surface area contributed by atoms with Crippen LogP contribution in [-0.4, -0.2) is 36.0 Å². The molecule has 1 unspecified atom stereocenters. The molecule has 0 aliphatic carbocycles. The van der Waals surface area contributed by atoms with Gasteiger partial charge in [0.25, 0.3) is 0 Å². The first kappa shape index (κ1) is 10.8. The van der Waals surface area contributed by atoms with Crippen LogP contribution in [-0.2, 0) is 14.3 Å². The molecule has 0 N–H and O–H groups in total. The van der Waals surface area contributed by atoms with Crippen molar-refractivity contribution in [1.82, 2.24) is 4.90 Å². The van der Waals surface area contributed by atoms with E-state index >= 15 is 0 Å². The molecule has 0 aromatic rings. The van der Waals surface area contributed by atoms with Crippen molar-refractivity contribution in [2.24, 2.45) is 0 Å². The molecule has 4 heteroatoms. The van der Waals surface area contributed by atoms with Crippen LogP contribution in [0.3, 0.4) is 0 Å². The summed E-state index contributed by atoms with van der Waals surface area (Å²) in [5.41, 5.74) is 0. The Morgan fingerprint density at radius 2 is 2.50 bits per heavy atom. The number of hydrogen-bond acceptors (Lipinski definition) is 3. The number of esters is 1. The van der Waals surface area contributed by atoms with Crippen molar-refractivity contribution in [2.75, 3.05) is 13.2 Å². The van der Waals surface area contributed by atoms with Crippen LogP contribution in [0, 0.1) is 0 Å². The Kier molecular flexibility index (Phi) is 3.68. The van der Waals surface area contributed by atoms with Gasteiger partial charge in [0.15, 0.2) is 0 Å². The number of carbonyl (C=O) groups is 2. The normalized spacial score (nSPS) is 18.1. The third kappa shape index (κ3) is 2.58. The number of rotatable bonds is 4. The molecule has 0 aromatic carbocycles. The predicted octanol–water partition coefficient (Wildman–Crippen LogP) is 0.726. The molecule has 1 amide bonds. The van der Waals surface area contributed by atoms with E-state index in [9.17, 15) is 9.59 Å². The first-order chi connectivity index (χ1) is 6.65. The number of carbonyl (C=O) groups excluding carboxylic acids is 2. The van der Waals surface area contributed by atoms with Gasteiger partial charge in [0.2, 0.25) is 5.91 Å². The average molecular weight is 197 g/mol. The van der Waals surface area contributed by atoms with E-state index in [4.69, 9.17) is 4.74 Å². The van der Waals surface area contributed by atoms with Crippen LogP contribution in [0.15, 0.2) is 12.7 Å². The van der Waals surface area contributed by atoms with Crippen LogP contribution in [0.1, 0.15) is 19.8 Å². The zero-order valence-corrected chi connectivity index (χ0v) is 8.36. The fourth-order valence-electron chi connectivity index (χ4n) is 1.49. The van der Waals surface area contributed by atoms with Crippen LogP contribution in [0.2, 0.25) is 0 Å². The van der Waals surface area contributed by atoms with E-state index < -0.39 is 5.97 Å². The van der Waals surface area contributed by atoms with Gasteiger partial charge < -0.3 is 9.64 Å². The lowest BCUT2D eigenvalue weighted by Gasteiger charge is -2.23. The van der Waals surface area contributed by atoms with Crippen LogP contribution in [0.4, 0.5) is 0 Å². The summed E-state index contributed by atoms with van der Waals surface area (Å²) in [7, 11) is 0. The molecular weight excluding hydrogens is 182 g/mol. The van der Waals surface area contributed by atoms with Crippen LogP contribution >= 0.6 is 0 Å². The molecule has 4 nitrogen and oxygen atoms in total. The molecule has 0 bridgehead atoms. The van der Waals surface area contributed by atoms with Gasteiger partial charge in [-0.15, -0.1) is 0 Å². The van der Waals surface area contributed by atoms with Gasteiger partial charge in [-0.25, -0.2) is 4.79 Å². The van der Waals surface area contributed by atoms with E-state index in [0.29, 0.717) is 6.42 Å². The third-order valence-corrected chi connectivity index (χ3v) is 2.28. The van der Waals surface area contributed by atoms with Gasteiger partial charge in [0, 0.05) is 19.0 Å². The van der Waals surface area contributed by atoms with Crippen LogP contribution in [0.25, 0.3) is 0 Å². The van der Waals surface area contributed by atoms with Gasteiger partial charge in [-0.3, -0.25) is 4.79 Å². The molecular formula is C10H15NO3. The summed E-state index contributed by atoms with van der Waals surface area (Å²) in [4.78, 5) is 23.8. The topological polar surface area (TPSA) is 46.6 Å². The van der Waals surface area contributed by atoms with E-state index in [0.717, 1.165) is 19.0 Å². The summed E-state index contributed by atoms with van der Waals surface area (Å²) in [5, 5.41) is 0. The van der Waals surface area contributed by atoms with Crippen LogP contribution in [0.5, 0.6) is 0 Å². The van der Waals surface area contributed by atoms with Crippen molar-refractivity contribution in [3.05, 3.63) is 12.7 Å². The monoisotopic (exact) mass is 197 g/mol. The fourth-order valence-corrected chi connectivity index (χ4v) is 1.49. The maximum absolute atomic E-state index is 11.3. The molecule has 1 rings (SSSR count). The Morgan fingerprint density at radius 3 is 3.00 bits per heavy atom. The predicted molar refractivity (Wildman–Crippen MR) is 51.6 cm³/mol. The standard InChI is InChI=1S/C10H15NO3/c1-3-10(13)14-7-8(2)11-6-4-5-9(11)12/h3,8H,1,4-7H2,2H3. The lowest BCUT2D eigenvalue weighted by Crippen LogP contribution is -2.37. The second-order valence-corrected chi connectivity index (χ2v) is 3.37. The van der Waals surface area contributed by atoms with E-state index in [1.54, 1.807) is 4.90 Å². The minimum atomic E-state index is -0.441. The highest BCUT2D eigenvalue weighted by Gasteiger charge is 2.25. The summed E-state index contributed by atoms with van der Waals surface area (Å²) >= 11 is 0. The Bertz CT molecular complexity index is 250. The Balaban J connectivity index is 2.34. The Hall–Kier alpha value is -1.32. The third-order valence-electron chi connectivity index (χ3n) is 2.28. The van der Waals surface area contributed by atoms with Crippen molar-refractivity contribution in [3.8, 4) is 0 Å². The molecule has 1 aliphatic rings. The molecule has 0 radical (unpaired) electrons. The second-order valence-electron chi connectivity index (χ2n) is 3.37. The summed E-state index contributed by atoms with van der Waals surface area (Å²) in [6.07, 6.45) is 2.64. The maximum Gasteiger partial charge on any atom is 0.330 e. The number of amides is 1. The molecule has 78 valence electrons. The van der Waals surface area contributed by atoms with E-state index in [2.05, 4.69) is 6.58 Å². The average Bonchev–Trinajstić information content (AvgIpc) is 2.60. The Morgan fingerprint density at radius 1 is 1.79 bits per heavy atom. The molecule has 0 aromatic heterocycles. The zero-order valence-electron chi connectivity index (χ0n) is 8.36. The second kappa shape index (κ2) is 4.79. The van der Waals surface area contributed by atoms with Crippen LogP contribution < -0.4 is 0 Å². The molecule has 1 heterocycles. The minimum Gasteiger partial charge on any atom is -0.460 e. The number of hydrogen-bond donors (Lipinski definition) is 0. The number of likely N-dealkylation sites (tertiary alicyclic amines) is 1. The highest BCUT2D eigenvalue weighted by Crippen LogP contribution is 2.13. The van der Waals surface area contributed by atoms with Gasteiger partial charge in [0.05, 0.1) is 6.04 Å². The Labute approximate surface area is 83.5 Å². The summed E-state index contributed by atoms with van der Waals surface area (Å²) in [5.74, 6) is -0.296. The molecule has 1 saturated heterocycles. The van der Waals surface area contributed by atoms with Gasteiger partial charge in [-0.05, 0) is 13.3 Å². The molecule has 14 heavy (non-hydrogen) atoms. The largest absolute Gasteiger partial charge is 0.460 e. The van der Waals surface area contributed by atoms with Crippen molar-refractivity contribution in [1.29, 1.82) is 0 Å². The lowest BCUT2D eigenvalue weighted by molar-refractivity contribution is -0.142. The lowest BCUT2D eigenvalue weighted by atomic mass is 10.3. The first-order valence-electron chi connectivity index (χ1n) is 4.74. The number of ether oxygens (including phenoxy) is 1. The van der Waals surface area contributed by atoms with Crippen molar-refractivity contribution in [2.45, 2.75) is 25.8 Å². The first-order valence-corrected chi connectivity index (χ1v) is 4.74. The highest BCUT2D eigenvalue weighted by atomic mass is 16.5. The molecule has 1 fully saturated rings. The van der Waals surface area contributed by atoms with Crippen molar-refractivity contribution >= 4 is 11.9 Å². The fraction of sp³-hybridized carbons (Fsp3) is 0.600. The van der Waals surface area contributed by atoms with Crippen molar-refractivity contribution in [3.63, 3.8) is 0 Å². The maximum atomic E-state index is 11.3.